The zero-order chi connectivity index (χ0) is 27.8. The molecule has 12 nitrogen and oxygen atoms in total. The number of benzene rings is 1. The average Bonchev–Trinajstić information content (AvgIpc) is 3.20. The molecule has 0 saturated carbocycles. The van der Waals surface area contributed by atoms with Crippen LogP contribution in [0.2, 0.25) is 0 Å². The lowest BCUT2D eigenvalue weighted by atomic mass is 9.99. The van der Waals surface area contributed by atoms with Gasteiger partial charge in [-0.15, -0.1) is 16.9 Å². The Bertz CT molecular complexity index is 1080. The second kappa shape index (κ2) is 13.8. The van der Waals surface area contributed by atoms with Crippen LogP contribution in [0.3, 0.4) is 0 Å². The third-order valence-electron chi connectivity index (χ3n) is 5.78. The maximum Gasteiger partial charge on any atom is 0.508 e. The maximum absolute atomic E-state index is 12.5. The van der Waals surface area contributed by atoms with Gasteiger partial charge in [-0.25, -0.2) is 9.59 Å². The van der Waals surface area contributed by atoms with Gasteiger partial charge in [0.05, 0.1) is 18.9 Å². The van der Waals surface area contributed by atoms with E-state index in [1.54, 1.807) is 32.5 Å². The normalized spacial score (nSPS) is 23.1. The van der Waals surface area contributed by atoms with Gasteiger partial charge in [-0.3, -0.25) is 0 Å². The number of hydrogen-bond acceptors (Lipinski definition) is 12. The van der Waals surface area contributed by atoms with E-state index < -0.39 is 49.6 Å². The summed E-state index contributed by atoms with van der Waals surface area (Å²) in [4.78, 5) is 25.2. The standard InChI is InChI=1S/C25H34N2O10S/c1-5-33-24(31)27-14(4)17(12-15-8-10-16(11-9-15)38-7-3)22(26-27)37-23-21(30)20(29)19(28)18(36-23)13-35-25(32)34-6-2/h8-11,18-21,23,28-30H,5-7,12-13H2,1-4H3/t18-,19-,20+,21-,23+/m1/s1. The Morgan fingerprint density at radius 1 is 1.00 bits per heavy atom. The van der Waals surface area contributed by atoms with Gasteiger partial charge < -0.3 is 39.0 Å². The smallest absolute Gasteiger partial charge is 0.448 e. The summed E-state index contributed by atoms with van der Waals surface area (Å²) in [6.45, 7) is 6.78. The molecule has 0 spiro atoms. The van der Waals surface area contributed by atoms with Gasteiger partial charge in [0.1, 0.15) is 31.0 Å². The van der Waals surface area contributed by atoms with Crippen molar-refractivity contribution >= 4 is 24.0 Å². The van der Waals surface area contributed by atoms with E-state index in [-0.39, 0.29) is 19.1 Å². The van der Waals surface area contributed by atoms with Crippen molar-refractivity contribution in [1.29, 1.82) is 0 Å². The first kappa shape index (κ1) is 29.7. The Labute approximate surface area is 224 Å². The Morgan fingerprint density at radius 3 is 2.32 bits per heavy atom. The van der Waals surface area contributed by atoms with E-state index in [9.17, 15) is 24.9 Å². The van der Waals surface area contributed by atoms with E-state index in [1.165, 1.54) is 0 Å². The van der Waals surface area contributed by atoms with E-state index in [4.69, 9.17) is 23.7 Å². The molecule has 0 bridgehead atoms. The number of carbonyl (C=O) groups excluding carboxylic acids is 2. The maximum atomic E-state index is 12.5. The highest BCUT2D eigenvalue weighted by molar-refractivity contribution is 7.99. The highest BCUT2D eigenvalue weighted by Crippen LogP contribution is 2.30. The number of aliphatic hydroxyl groups excluding tert-OH is 3. The summed E-state index contributed by atoms with van der Waals surface area (Å²) in [6, 6.07) is 7.90. The van der Waals surface area contributed by atoms with Crippen molar-refractivity contribution < 1.29 is 48.6 Å². The van der Waals surface area contributed by atoms with Crippen LogP contribution in [0.4, 0.5) is 9.59 Å². The third kappa shape index (κ3) is 7.17. The van der Waals surface area contributed by atoms with Crippen molar-refractivity contribution in [2.75, 3.05) is 25.6 Å². The van der Waals surface area contributed by atoms with Crippen LogP contribution in [0.15, 0.2) is 29.2 Å². The molecule has 0 radical (unpaired) electrons. The molecule has 5 atom stereocenters. The van der Waals surface area contributed by atoms with Gasteiger partial charge in [-0.05, 0) is 44.2 Å². The van der Waals surface area contributed by atoms with E-state index in [1.807, 2.05) is 24.3 Å². The molecule has 0 unspecified atom stereocenters. The first-order chi connectivity index (χ1) is 18.2. The predicted octanol–water partition coefficient (Wildman–Crippen LogP) is 2.26. The quantitative estimate of drug-likeness (QED) is 0.291. The highest BCUT2D eigenvalue weighted by atomic mass is 32.2. The molecule has 3 N–H and O–H groups in total. The molecule has 1 aromatic heterocycles. The SMILES string of the molecule is CCOC(=O)OC[C@H]1O[C@@H](Oc2nn(C(=O)OCC)c(C)c2Cc2ccc(SCC)cc2)[C@H](O)[C@@H](O)[C@@H]1O. The Balaban J connectivity index is 1.87. The fourth-order valence-electron chi connectivity index (χ4n) is 3.81. The molecule has 0 aliphatic carbocycles. The number of rotatable bonds is 10. The minimum Gasteiger partial charge on any atom is -0.448 e. The highest BCUT2D eigenvalue weighted by Gasteiger charge is 2.46. The Kier molecular flexibility index (Phi) is 10.8. The molecule has 1 aliphatic heterocycles. The minimum absolute atomic E-state index is 0.0275. The largest absolute Gasteiger partial charge is 0.508 e. The van der Waals surface area contributed by atoms with E-state index in [0.717, 1.165) is 20.9 Å². The third-order valence-corrected chi connectivity index (χ3v) is 6.68. The van der Waals surface area contributed by atoms with Crippen LogP contribution in [0.25, 0.3) is 0 Å². The van der Waals surface area contributed by atoms with Gasteiger partial charge >= 0.3 is 12.2 Å². The number of nitrogens with zero attached hydrogens (tertiary/aromatic N) is 2. The number of hydrogen-bond donors (Lipinski definition) is 3. The summed E-state index contributed by atoms with van der Waals surface area (Å²) in [6.07, 6.45) is -9.01. The number of aliphatic hydroxyl groups is 3. The van der Waals surface area contributed by atoms with Crippen molar-refractivity contribution in [1.82, 2.24) is 9.78 Å². The van der Waals surface area contributed by atoms with Gasteiger partial charge in [-0.2, -0.15) is 4.68 Å². The zero-order valence-corrected chi connectivity index (χ0v) is 22.6. The molecule has 1 aromatic carbocycles. The lowest BCUT2D eigenvalue weighted by Crippen LogP contribution is -2.60. The number of carbonyl (C=O) groups is 2. The predicted molar refractivity (Wildman–Crippen MR) is 135 cm³/mol. The van der Waals surface area contributed by atoms with Crippen molar-refractivity contribution in [3.05, 3.63) is 41.1 Å². The monoisotopic (exact) mass is 554 g/mol. The topological polar surface area (TPSA) is 159 Å². The lowest BCUT2D eigenvalue weighted by molar-refractivity contribution is -0.278. The van der Waals surface area contributed by atoms with Gasteiger partial charge in [-0.1, -0.05) is 19.1 Å². The Hall–Kier alpha value is -2.84. The molecule has 1 saturated heterocycles. The molecule has 2 aromatic rings. The zero-order valence-electron chi connectivity index (χ0n) is 21.7. The summed E-state index contributed by atoms with van der Waals surface area (Å²) in [7, 11) is 0. The number of thioether (sulfide) groups is 1. The molecule has 210 valence electrons. The van der Waals surface area contributed by atoms with Crippen LogP contribution < -0.4 is 4.74 Å². The lowest BCUT2D eigenvalue weighted by Gasteiger charge is -2.39. The molecule has 1 aliphatic rings. The van der Waals surface area contributed by atoms with Gasteiger partial charge in [0.25, 0.3) is 0 Å². The van der Waals surface area contributed by atoms with Gasteiger partial charge in [0.2, 0.25) is 12.2 Å². The summed E-state index contributed by atoms with van der Waals surface area (Å²) < 4.78 is 27.2. The van der Waals surface area contributed by atoms with Crippen molar-refractivity contribution in [2.24, 2.45) is 0 Å². The first-order valence-electron chi connectivity index (χ1n) is 12.3. The number of ether oxygens (including phenoxy) is 5. The second-order valence-corrected chi connectivity index (χ2v) is 9.70. The van der Waals surface area contributed by atoms with Crippen LogP contribution in [0, 0.1) is 6.92 Å². The van der Waals surface area contributed by atoms with Crippen molar-refractivity contribution in [3.8, 4) is 5.88 Å². The van der Waals surface area contributed by atoms with Crippen LogP contribution >= 0.6 is 11.8 Å². The summed E-state index contributed by atoms with van der Waals surface area (Å²) in [5.74, 6) is 0.916. The molecule has 38 heavy (non-hydrogen) atoms. The molecule has 2 heterocycles. The van der Waals surface area contributed by atoms with Crippen molar-refractivity contribution in [2.45, 2.75) is 69.7 Å². The molecule has 13 heteroatoms. The Morgan fingerprint density at radius 2 is 1.68 bits per heavy atom. The first-order valence-corrected chi connectivity index (χ1v) is 13.3. The molecule has 1 fully saturated rings. The number of aromatic nitrogens is 2. The second-order valence-electron chi connectivity index (χ2n) is 8.36. The minimum atomic E-state index is -1.68. The molecular weight excluding hydrogens is 520 g/mol. The fourth-order valence-corrected chi connectivity index (χ4v) is 4.48. The fraction of sp³-hybridized carbons (Fsp3) is 0.560. The summed E-state index contributed by atoms with van der Waals surface area (Å²) in [5.41, 5.74) is 1.91. The summed E-state index contributed by atoms with van der Waals surface area (Å²) in [5, 5.41) is 35.5. The molecule has 0 amide bonds. The summed E-state index contributed by atoms with van der Waals surface area (Å²) >= 11 is 1.71. The van der Waals surface area contributed by atoms with Crippen LogP contribution in [-0.2, 0) is 25.4 Å². The average molecular weight is 555 g/mol. The van der Waals surface area contributed by atoms with Crippen molar-refractivity contribution in [3.63, 3.8) is 0 Å². The van der Waals surface area contributed by atoms with E-state index in [2.05, 4.69) is 12.0 Å². The van der Waals surface area contributed by atoms with Crippen LogP contribution in [0.1, 0.15) is 37.6 Å². The molecular formula is C25H34N2O10S. The molecule has 3 rings (SSSR count). The van der Waals surface area contributed by atoms with Crippen LogP contribution in [-0.4, -0.2) is 93.6 Å². The van der Waals surface area contributed by atoms with Crippen LogP contribution in [0.5, 0.6) is 5.88 Å². The van der Waals surface area contributed by atoms with Gasteiger partial charge in [0.15, 0.2) is 0 Å². The van der Waals surface area contributed by atoms with Gasteiger partial charge in [0, 0.05) is 16.9 Å². The van der Waals surface area contributed by atoms with E-state index >= 15 is 0 Å². The van der Waals surface area contributed by atoms with E-state index in [0.29, 0.717) is 17.7 Å².